The van der Waals surface area contributed by atoms with E-state index in [1.165, 1.54) is 24.3 Å². The number of benzene rings is 6. The van der Waals surface area contributed by atoms with Crippen LogP contribution in [0.2, 0.25) is 0 Å². The number of fused-ring (bicyclic) bond motifs is 10. The minimum atomic E-state index is -1.73. The molecule has 2 unspecified atom stereocenters. The van der Waals surface area contributed by atoms with Crippen molar-refractivity contribution in [2.75, 3.05) is 13.2 Å². The van der Waals surface area contributed by atoms with Gasteiger partial charge < -0.3 is 14.2 Å². The summed E-state index contributed by atoms with van der Waals surface area (Å²) in [4.78, 5) is 28.6. The second kappa shape index (κ2) is 13.4. The summed E-state index contributed by atoms with van der Waals surface area (Å²) in [5.41, 5.74) is 4.95. The van der Waals surface area contributed by atoms with Crippen LogP contribution in [-0.4, -0.2) is 25.2 Å². The number of halogens is 2. The molecule has 5 nitrogen and oxygen atoms in total. The van der Waals surface area contributed by atoms with E-state index in [0.717, 1.165) is 38.9 Å². The van der Waals surface area contributed by atoms with Gasteiger partial charge in [0.05, 0.1) is 13.2 Å². The van der Waals surface area contributed by atoms with Gasteiger partial charge in [-0.15, -0.1) is 0 Å². The maximum absolute atomic E-state index is 14.8. The van der Waals surface area contributed by atoms with Crippen LogP contribution in [0.5, 0.6) is 0 Å². The van der Waals surface area contributed by atoms with Gasteiger partial charge in [-0.05, 0) is 89.2 Å². The Balaban J connectivity index is 1.50. The summed E-state index contributed by atoms with van der Waals surface area (Å²) in [5.74, 6) is 4.55. The average Bonchev–Trinajstić information content (AvgIpc) is 3.89. The third kappa shape index (κ3) is 5.02. The van der Waals surface area contributed by atoms with Crippen LogP contribution in [0.4, 0.5) is 8.78 Å². The molecule has 2 aliphatic heterocycles. The molecule has 6 aromatic rings. The van der Waals surface area contributed by atoms with E-state index in [9.17, 15) is 18.4 Å². The molecule has 0 fully saturated rings. The Morgan fingerprint density at radius 2 is 1.09 bits per heavy atom. The van der Waals surface area contributed by atoms with Gasteiger partial charge in [-0.1, -0.05) is 109 Å². The number of hydrogen-bond acceptors (Lipinski definition) is 5. The molecule has 3 aliphatic rings. The lowest BCUT2D eigenvalue weighted by Crippen LogP contribution is -2.43. The molecule has 6 aromatic carbocycles. The number of rotatable bonds is 7. The molecule has 7 heteroatoms. The zero-order valence-electron chi connectivity index (χ0n) is 30.8. The number of carbonyl (C=O) groups excluding carboxylic acids is 2. The molecular formula is C49H36F2O5. The Morgan fingerprint density at radius 1 is 0.607 bits per heavy atom. The molecule has 2 heterocycles. The van der Waals surface area contributed by atoms with Gasteiger partial charge in [0.15, 0.2) is 5.41 Å². The maximum atomic E-state index is 14.8. The molecule has 2 atom stereocenters. The normalized spacial score (nSPS) is 19.3. The SMILES string of the molecule is CCOC(=O)C1(C(=O)OCC)Cc2c(C#Cc3ccc(F)cc3)c(-c3ccc(F)cc3)c3c(c2C1)C1(c2ccccc2)OC3(c2ccccc2)c2ccccc21. The van der Waals surface area contributed by atoms with Gasteiger partial charge in [-0.2, -0.15) is 0 Å². The lowest BCUT2D eigenvalue weighted by atomic mass is 9.64. The molecule has 0 spiro atoms. The first-order chi connectivity index (χ1) is 27.3. The average molecular weight is 743 g/mol. The zero-order chi connectivity index (χ0) is 38.7. The number of hydrogen-bond donors (Lipinski definition) is 0. The third-order valence-corrected chi connectivity index (χ3v) is 11.4. The minimum Gasteiger partial charge on any atom is -0.465 e. The summed E-state index contributed by atoms with van der Waals surface area (Å²) < 4.78 is 48.0. The van der Waals surface area contributed by atoms with E-state index < -0.39 is 40.2 Å². The molecule has 9 rings (SSSR count). The first-order valence-electron chi connectivity index (χ1n) is 18.8. The highest BCUT2D eigenvalue weighted by molar-refractivity contribution is 6.03. The van der Waals surface area contributed by atoms with Gasteiger partial charge in [-0.25, -0.2) is 8.78 Å². The first-order valence-corrected chi connectivity index (χ1v) is 18.8. The van der Waals surface area contributed by atoms with Gasteiger partial charge in [0.2, 0.25) is 0 Å². The smallest absolute Gasteiger partial charge is 0.324 e. The number of ether oxygens (including phenoxy) is 3. The zero-order valence-corrected chi connectivity index (χ0v) is 30.8. The summed E-state index contributed by atoms with van der Waals surface area (Å²) in [7, 11) is 0. The van der Waals surface area contributed by atoms with Gasteiger partial charge in [-0.3, -0.25) is 9.59 Å². The molecular weight excluding hydrogens is 707 g/mol. The summed E-state index contributed by atoms with van der Waals surface area (Å²) in [6.45, 7) is 3.54. The molecule has 1 aliphatic carbocycles. The van der Waals surface area contributed by atoms with E-state index in [2.05, 4.69) is 24.0 Å². The molecule has 0 N–H and O–H groups in total. The molecule has 56 heavy (non-hydrogen) atoms. The monoisotopic (exact) mass is 742 g/mol. The molecule has 0 saturated carbocycles. The van der Waals surface area contributed by atoms with Crippen molar-refractivity contribution in [2.45, 2.75) is 37.9 Å². The number of esters is 2. The number of carbonyl (C=O) groups is 2. The molecule has 276 valence electrons. The van der Waals surface area contributed by atoms with Gasteiger partial charge >= 0.3 is 11.9 Å². The van der Waals surface area contributed by atoms with Crippen LogP contribution in [0.25, 0.3) is 11.1 Å². The van der Waals surface area contributed by atoms with Crippen LogP contribution >= 0.6 is 0 Å². The first kappa shape index (κ1) is 35.3. The van der Waals surface area contributed by atoms with E-state index in [1.54, 1.807) is 38.1 Å². The Labute approximate surface area is 323 Å². The Morgan fingerprint density at radius 3 is 1.62 bits per heavy atom. The minimum absolute atomic E-state index is 0.0256. The summed E-state index contributed by atoms with van der Waals surface area (Å²) >= 11 is 0. The van der Waals surface area contributed by atoms with Crippen LogP contribution in [0, 0.1) is 28.9 Å². The summed E-state index contributed by atoms with van der Waals surface area (Å²) in [6.07, 6.45) is -0.0814. The van der Waals surface area contributed by atoms with Crippen molar-refractivity contribution in [3.8, 4) is 23.0 Å². The van der Waals surface area contributed by atoms with Gasteiger partial charge in [0.1, 0.15) is 22.8 Å². The Bertz CT molecular complexity index is 2570. The second-order valence-electron chi connectivity index (χ2n) is 14.3. The van der Waals surface area contributed by atoms with Crippen molar-refractivity contribution in [3.05, 3.63) is 201 Å². The second-order valence-corrected chi connectivity index (χ2v) is 14.3. The largest absolute Gasteiger partial charge is 0.465 e. The van der Waals surface area contributed by atoms with Crippen LogP contribution in [0.1, 0.15) is 69.5 Å². The fourth-order valence-corrected chi connectivity index (χ4v) is 9.14. The summed E-state index contributed by atoms with van der Waals surface area (Å²) in [5, 5.41) is 0. The van der Waals surface area contributed by atoms with E-state index in [1.807, 2.05) is 72.8 Å². The predicted octanol–water partition coefficient (Wildman–Crippen LogP) is 9.17. The highest BCUT2D eigenvalue weighted by Crippen LogP contribution is 2.70. The van der Waals surface area contributed by atoms with Crippen molar-refractivity contribution >= 4 is 11.9 Å². The molecule has 2 bridgehead atoms. The lowest BCUT2D eigenvalue weighted by Gasteiger charge is -2.35. The van der Waals surface area contributed by atoms with E-state index in [4.69, 9.17) is 14.2 Å². The predicted molar refractivity (Wildman–Crippen MR) is 207 cm³/mol. The van der Waals surface area contributed by atoms with Crippen LogP contribution in [-0.2, 0) is 47.8 Å². The highest BCUT2D eigenvalue weighted by Gasteiger charge is 2.68. The van der Waals surface area contributed by atoms with Crippen LogP contribution in [0.15, 0.2) is 133 Å². The van der Waals surface area contributed by atoms with E-state index in [-0.39, 0.29) is 26.1 Å². The highest BCUT2D eigenvalue weighted by atomic mass is 19.1. The maximum Gasteiger partial charge on any atom is 0.324 e. The van der Waals surface area contributed by atoms with Crippen molar-refractivity contribution in [2.24, 2.45) is 5.41 Å². The van der Waals surface area contributed by atoms with Crippen molar-refractivity contribution in [1.82, 2.24) is 0 Å². The lowest BCUT2D eigenvalue weighted by molar-refractivity contribution is -0.171. The summed E-state index contributed by atoms with van der Waals surface area (Å²) in [6, 6.07) is 40.3. The molecule has 0 radical (unpaired) electrons. The quantitative estimate of drug-likeness (QED) is 0.0928. The van der Waals surface area contributed by atoms with Crippen LogP contribution < -0.4 is 0 Å². The van der Waals surface area contributed by atoms with E-state index >= 15 is 0 Å². The fourth-order valence-electron chi connectivity index (χ4n) is 9.14. The Hall–Kier alpha value is -6.36. The molecule has 0 saturated heterocycles. The van der Waals surface area contributed by atoms with Crippen molar-refractivity contribution < 1.29 is 32.6 Å². The topological polar surface area (TPSA) is 61.8 Å². The van der Waals surface area contributed by atoms with E-state index in [0.29, 0.717) is 27.8 Å². The third-order valence-electron chi connectivity index (χ3n) is 11.4. The van der Waals surface area contributed by atoms with Gasteiger partial charge in [0.25, 0.3) is 0 Å². The fraction of sp³-hybridized carbons (Fsp3) is 0.184. The standard InChI is InChI=1S/C49H36F2O5/c1-3-54-45(52)47(46(53)55-4-2)29-38-37(28-21-31-19-24-35(50)25-20-31)42(32-22-26-36(51)27-23-32)44-43(39(38)30-47)48(33-13-7-5-8-14-33)40-17-11-12-18-41(40)49(44,56-48)34-15-9-6-10-16-34/h5-20,22-27H,3-4,29-30H2,1-2H3. The molecule has 0 aromatic heterocycles. The molecule has 0 amide bonds. The Kier molecular flexibility index (Phi) is 8.48. The van der Waals surface area contributed by atoms with Crippen molar-refractivity contribution in [1.29, 1.82) is 0 Å². The van der Waals surface area contributed by atoms with Gasteiger partial charge in [0, 0.05) is 40.7 Å². The van der Waals surface area contributed by atoms with Crippen molar-refractivity contribution in [3.63, 3.8) is 0 Å². The van der Waals surface area contributed by atoms with Crippen LogP contribution in [0.3, 0.4) is 0 Å².